The zero-order valence-corrected chi connectivity index (χ0v) is 8.18. The molecular formula is C9H11ClN2. The van der Waals surface area contributed by atoms with Crippen molar-refractivity contribution in [2.45, 2.75) is 20.8 Å². The Morgan fingerprint density at radius 3 is 2.42 bits per heavy atom. The number of aromatic nitrogens is 1. The third kappa shape index (κ3) is 2.89. The Morgan fingerprint density at radius 2 is 2.00 bits per heavy atom. The van der Waals surface area contributed by atoms with Crippen molar-refractivity contribution < 1.29 is 0 Å². The summed E-state index contributed by atoms with van der Waals surface area (Å²) < 4.78 is 0. The third-order valence-corrected chi connectivity index (χ3v) is 1.54. The quantitative estimate of drug-likeness (QED) is 0.619. The van der Waals surface area contributed by atoms with Crippen molar-refractivity contribution in [3.8, 4) is 6.07 Å². The highest BCUT2D eigenvalue weighted by molar-refractivity contribution is 6.31. The summed E-state index contributed by atoms with van der Waals surface area (Å²) in [7, 11) is 0. The molecule has 0 saturated carbocycles. The molecule has 2 nitrogen and oxygen atoms in total. The standard InChI is InChI=1S/C7H5ClN2.C2H6/c1-5-7(8)3-2-6(4-9)10-5;1-2/h2-3H,1H3;1-2H3. The Bertz CT molecular complexity index is 289. The summed E-state index contributed by atoms with van der Waals surface area (Å²) in [5.74, 6) is 0. The number of nitriles is 1. The van der Waals surface area contributed by atoms with Gasteiger partial charge in [0, 0.05) is 0 Å². The van der Waals surface area contributed by atoms with Gasteiger partial charge in [0.05, 0.1) is 10.7 Å². The van der Waals surface area contributed by atoms with Crippen LogP contribution in [0.4, 0.5) is 0 Å². The van der Waals surface area contributed by atoms with Crippen LogP contribution in [-0.4, -0.2) is 4.98 Å². The second-order valence-corrected chi connectivity index (χ2v) is 2.28. The van der Waals surface area contributed by atoms with Crippen LogP contribution in [0.25, 0.3) is 0 Å². The van der Waals surface area contributed by atoms with Gasteiger partial charge in [-0.3, -0.25) is 0 Å². The summed E-state index contributed by atoms with van der Waals surface area (Å²) in [6, 6.07) is 5.19. The summed E-state index contributed by atoms with van der Waals surface area (Å²) in [5.41, 5.74) is 1.10. The number of halogens is 1. The number of rotatable bonds is 0. The molecule has 1 rings (SSSR count). The molecule has 0 radical (unpaired) electrons. The molecule has 1 aromatic heterocycles. The Morgan fingerprint density at radius 1 is 1.42 bits per heavy atom. The lowest BCUT2D eigenvalue weighted by Crippen LogP contribution is -1.85. The van der Waals surface area contributed by atoms with E-state index in [1.807, 2.05) is 19.9 Å². The van der Waals surface area contributed by atoms with E-state index in [4.69, 9.17) is 16.9 Å². The molecule has 0 saturated heterocycles. The second kappa shape index (κ2) is 5.56. The largest absolute Gasteiger partial charge is 0.241 e. The summed E-state index contributed by atoms with van der Waals surface area (Å²) in [4.78, 5) is 3.90. The van der Waals surface area contributed by atoms with E-state index in [1.54, 1.807) is 19.1 Å². The molecule has 0 aromatic carbocycles. The molecule has 3 heteroatoms. The molecule has 1 heterocycles. The van der Waals surface area contributed by atoms with Crippen LogP contribution in [0.2, 0.25) is 5.02 Å². The monoisotopic (exact) mass is 182 g/mol. The SMILES string of the molecule is CC.Cc1nc(C#N)ccc1Cl. The van der Waals surface area contributed by atoms with Gasteiger partial charge >= 0.3 is 0 Å². The minimum atomic E-state index is 0.405. The maximum absolute atomic E-state index is 8.40. The van der Waals surface area contributed by atoms with E-state index in [9.17, 15) is 0 Å². The van der Waals surface area contributed by atoms with Gasteiger partial charge in [0.2, 0.25) is 0 Å². The van der Waals surface area contributed by atoms with Crippen LogP contribution in [0, 0.1) is 18.3 Å². The number of hydrogen-bond acceptors (Lipinski definition) is 2. The van der Waals surface area contributed by atoms with E-state index in [1.165, 1.54) is 0 Å². The van der Waals surface area contributed by atoms with Crippen LogP contribution >= 0.6 is 11.6 Å². The molecule has 0 aliphatic carbocycles. The van der Waals surface area contributed by atoms with Crippen molar-refractivity contribution in [3.63, 3.8) is 0 Å². The topological polar surface area (TPSA) is 36.7 Å². The predicted molar refractivity (Wildman–Crippen MR) is 50.0 cm³/mol. The Labute approximate surface area is 77.8 Å². The zero-order chi connectivity index (χ0) is 9.56. The lowest BCUT2D eigenvalue weighted by Gasteiger charge is -1.93. The minimum Gasteiger partial charge on any atom is -0.241 e. The Balaban J connectivity index is 0.000000561. The average Bonchev–Trinajstić information content (AvgIpc) is 2.13. The lowest BCUT2D eigenvalue weighted by molar-refractivity contribution is 1.17. The first-order chi connectivity index (χ1) is 5.74. The predicted octanol–water partition coefficient (Wildman–Crippen LogP) is 2.94. The van der Waals surface area contributed by atoms with E-state index >= 15 is 0 Å². The van der Waals surface area contributed by atoms with Crippen molar-refractivity contribution in [1.29, 1.82) is 5.26 Å². The normalized spacial score (nSPS) is 7.92. The fourth-order valence-electron chi connectivity index (χ4n) is 0.606. The van der Waals surface area contributed by atoms with E-state index in [2.05, 4.69) is 4.98 Å². The second-order valence-electron chi connectivity index (χ2n) is 1.88. The van der Waals surface area contributed by atoms with E-state index in [-0.39, 0.29) is 0 Å². The van der Waals surface area contributed by atoms with Crippen LogP contribution in [0.15, 0.2) is 12.1 Å². The van der Waals surface area contributed by atoms with Gasteiger partial charge in [-0.25, -0.2) is 4.98 Å². The van der Waals surface area contributed by atoms with Crippen molar-refractivity contribution in [2.24, 2.45) is 0 Å². The highest BCUT2D eigenvalue weighted by atomic mass is 35.5. The maximum atomic E-state index is 8.40. The van der Waals surface area contributed by atoms with Gasteiger partial charge in [0.25, 0.3) is 0 Å². The van der Waals surface area contributed by atoms with Gasteiger partial charge in [-0.05, 0) is 19.1 Å². The molecule has 0 aliphatic rings. The summed E-state index contributed by atoms with van der Waals surface area (Å²) in [5, 5.41) is 8.99. The lowest BCUT2D eigenvalue weighted by atomic mass is 10.3. The molecule has 12 heavy (non-hydrogen) atoms. The Kier molecular flexibility index (Phi) is 5.07. The molecule has 0 fully saturated rings. The van der Waals surface area contributed by atoms with Crippen molar-refractivity contribution in [2.75, 3.05) is 0 Å². The van der Waals surface area contributed by atoms with E-state index in [0.717, 1.165) is 0 Å². The van der Waals surface area contributed by atoms with Gasteiger partial charge in [0.15, 0.2) is 0 Å². The van der Waals surface area contributed by atoms with Crippen LogP contribution in [0.1, 0.15) is 25.2 Å². The van der Waals surface area contributed by atoms with Crippen molar-refractivity contribution in [3.05, 3.63) is 28.5 Å². The van der Waals surface area contributed by atoms with Crippen LogP contribution in [0.5, 0.6) is 0 Å². The molecule has 1 aromatic rings. The van der Waals surface area contributed by atoms with Crippen molar-refractivity contribution in [1.82, 2.24) is 4.98 Å². The number of pyridine rings is 1. The number of nitrogens with zero attached hydrogens (tertiary/aromatic N) is 2. The number of hydrogen-bond donors (Lipinski definition) is 0. The zero-order valence-electron chi connectivity index (χ0n) is 7.43. The summed E-state index contributed by atoms with van der Waals surface area (Å²) >= 11 is 5.67. The molecule has 0 aliphatic heterocycles. The van der Waals surface area contributed by atoms with E-state index in [0.29, 0.717) is 16.4 Å². The molecular weight excluding hydrogens is 172 g/mol. The van der Waals surface area contributed by atoms with E-state index < -0.39 is 0 Å². The molecule has 0 spiro atoms. The third-order valence-electron chi connectivity index (χ3n) is 1.14. The molecule has 0 atom stereocenters. The van der Waals surface area contributed by atoms with Crippen molar-refractivity contribution >= 4 is 11.6 Å². The van der Waals surface area contributed by atoms with Gasteiger partial charge in [0.1, 0.15) is 11.8 Å². The smallest absolute Gasteiger partial charge is 0.140 e. The van der Waals surface area contributed by atoms with Crippen LogP contribution < -0.4 is 0 Å². The maximum Gasteiger partial charge on any atom is 0.140 e. The fourth-order valence-corrected chi connectivity index (χ4v) is 0.712. The molecule has 0 unspecified atom stereocenters. The van der Waals surface area contributed by atoms with Gasteiger partial charge in [-0.15, -0.1) is 0 Å². The summed E-state index contributed by atoms with van der Waals surface area (Å²) in [6.07, 6.45) is 0. The average molecular weight is 183 g/mol. The number of aryl methyl sites for hydroxylation is 1. The fraction of sp³-hybridized carbons (Fsp3) is 0.333. The van der Waals surface area contributed by atoms with Gasteiger partial charge in [-0.2, -0.15) is 5.26 Å². The molecule has 0 N–H and O–H groups in total. The highest BCUT2D eigenvalue weighted by Crippen LogP contribution is 2.11. The van der Waals surface area contributed by atoms with Gasteiger partial charge in [-0.1, -0.05) is 25.4 Å². The minimum absolute atomic E-state index is 0.405. The Hall–Kier alpha value is -1.07. The van der Waals surface area contributed by atoms with Crippen LogP contribution in [0.3, 0.4) is 0 Å². The first kappa shape index (κ1) is 10.9. The first-order valence-electron chi connectivity index (χ1n) is 3.77. The molecule has 0 bridgehead atoms. The highest BCUT2D eigenvalue weighted by Gasteiger charge is 1.96. The molecule has 64 valence electrons. The van der Waals surface area contributed by atoms with Gasteiger partial charge < -0.3 is 0 Å². The summed E-state index contributed by atoms with van der Waals surface area (Å²) in [6.45, 7) is 5.77. The van der Waals surface area contributed by atoms with Crippen LogP contribution in [-0.2, 0) is 0 Å². The molecule has 0 amide bonds. The first-order valence-corrected chi connectivity index (χ1v) is 4.15.